The maximum Gasteiger partial charge on any atom is 0.00926 e. The molecule has 1 nitrogen and oxygen atoms in total. The van der Waals surface area contributed by atoms with Crippen molar-refractivity contribution in [3.05, 3.63) is 0 Å². The van der Waals surface area contributed by atoms with E-state index in [2.05, 4.69) is 18.9 Å². The molecule has 13 heavy (non-hydrogen) atoms. The van der Waals surface area contributed by atoms with Gasteiger partial charge in [-0.25, -0.2) is 0 Å². The minimum atomic E-state index is 0.918. The molecule has 0 aromatic rings. The van der Waals surface area contributed by atoms with Crippen molar-refractivity contribution >= 4 is 0 Å². The normalized spacial score (nSPS) is 24.0. The summed E-state index contributed by atoms with van der Waals surface area (Å²) in [7, 11) is 2.28. The molecule has 0 N–H and O–H groups in total. The summed E-state index contributed by atoms with van der Waals surface area (Å²) in [6.07, 6.45) is 11.5. The fraction of sp³-hybridized carbons (Fsp3) is 1.00. The van der Waals surface area contributed by atoms with Crippen molar-refractivity contribution in [2.75, 3.05) is 13.6 Å². The number of nitrogens with zero attached hydrogens (tertiary/aromatic N) is 1. The number of hydrogen-bond acceptors (Lipinski definition) is 1. The molecule has 0 spiro atoms. The van der Waals surface area contributed by atoms with Crippen LogP contribution in [0.3, 0.4) is 0 Å². The molecule has 1 saturated heterocycles. The molecule has 1 heteroatoms. The van der Waals surface area contributed by atoms with Crippen molar-refractivity contribution in [3.63, 3.8) is 0 Å². The molecule has 78 valence electrons. The summed E-state index contributed by atoms with van der Waals surface area (Å²) >= 11 is 0. The average Bonchev–Trinajstić information content (AvgIpc) is 2.52. The molecule has 0 aromatic heterocycles. The van der Waals surface area contributed by atoms with Gasteiger partial charge >= 0.3 is 0 Å². The first kappa shape index (κ1) is 11.0. The van der Waals surface area contributed by atoms with Crippen LogP contribution in [0.4, 0.5) is 0 Å². The minimum absolute atomic E-state index is 0.918. The third-order valence-electron chi connectivity index (χ3n) is 3.31. The molecule has 0 radical (unpaired) electrons. The highest BCUT2D eigenvalue weighted by Gasteiger charge is 2.19. The van der Waals surface area contributed by atoms with E-state index in [4.69, 9.17) is 0 Å². The van der Waals surface area contributed by atoms with Crippen LogP contribution in [0.2, 0.25) is 0 Å². The Kier molecular flexibility index (Phi) is 5.45. The maximum atomic E-state index is 2.54. The second-order valence-corrected chi connectivity index (χ2v) is 4.48. The van der Waals surface area contributed by atoms with Crippen LogP contribution in [0.5, 0.6) is 0 Å². The summed E-state index contributed by atoms with van der Waals surface area (Å²) in [4.78, 5) is 2.54. The number of unbranched alkanes of at least 4 members (excludes halogenated alkanes) is 4. The number of likely N-dealkylation sites (tertiary alicyclic amines) is 1. The molecule has 1 aliphatic rings. The molecule has 0 saturated carbocycles. The van der Waals surface area contributed by atoms with Crippen LogP contribution in [0.15, 0.2) is 0 Å². The van der Waals surface area contributed by atoms with E-state index in [9.17, 15) is 0 Å². The molecule has 1 rings (SSSR count). The van der Waals surface area contributed by atoms with Gasteiger partial charge in [-0.2, -0.15) is 0 Å². The highest BCUT2D eigenvalue weighted by Crippen LogP contribution is 2.20. The second-order valence-electron chi connectivity index (χ2n) is 4.48. The van der Waals surface area contributed by atoms with Gasteiger partial charge in [0.2, 0.25) is 0 Å². The zero-order valence-electron chi connectivity index (χ0n) is 9.39. The van der Waals surface area contributed by atoms with Crippen molar-refractivity contribution in [1.29, 1.82) is 0 Å². The van der Waals surface area contributed by atoms with Crippen molar-refractivity contribution in [3.8, 4) is 0 Å². The smallest absolute Gasteiger partial charge is 0.00926 e. The van der Waals surface area contributed by atoms with Crippen molar-refractivity contribution in [2.24, 2.45) is 0 Å². The zero-order valence-corrected chi connectivity index (χ0v) is 9.39. The third-order valence-corrected chi connectivity index (χ3v) is 3.31. The van der Waals surface area contributed by atoms with Gasteiger partial charge in [0.25, 0.3) is 0 Å². The van der Waals surface area contributed by atoms with E-state index in [1.54, 1.807) is 0 Å². The van der Waals surface area contributed by atoms with E-state index in [-0.39, 0.29) is 0 Å². The molecule has 0 aliphatic carbocycles. The standard InChI is InChI=1S/C12H25N/c1-3-4-5-6-7-9-12-10-8-11-13(12)2/h12H,3-11H2,1-2H3. The van der Waals surface area contributed by atoms with Crippen LogP contribution in [-0.2, 0) is 0 Å². The van der Waals surface area contributed by atoms with E-state index in [0.29, 0.717) is 0 Å². The zero-order chi connectivity index (χ0) is 9.52. The lowest BCUT2D eigenvalue weighted by Gasteiger charge is -2.18. The van der Waals surface area contributed by atoms with Gasteiger partial charge in [-0.1, -0.05) is 39.0 Å². The minimum Gasteiger partial charge on any atom is -0.303 e. The largest absolute Gasteiger partial charge is 0.303 e. The molecule has 0 amide bonds. The van der Waals surface area contributed by atoms with E-state index in [1.807, 2.05) is 0 Å². The maximum absolute atomic E-state index is 2.54. The Labute approximate surface area is 83.5 Å². The van der Waals surface area contributed by atoms with Gasteiger partial charge in [0.1, 0.15) is 0 Å². The Bertz CT molecular complexity index is 122. The van der Waals surface area contributed by atoms with Gasteiger partial charge < -0.3 is 4.90 Å². The molecule has 1 unspecified atom stereocenters. The quantitative estimate of drug-likeness (QED) is 0.570. The van der Waals surface area contributed by atoms with Gasteiger partial charge in [0.05, 0.1) is 0 Å². The SMILES string of the molecule is CCCCCCCC1CCCN1C. The average molecular weight is 183 g/mol. The second kappa shape index (κ2) is 6.42. The Hall–Kier alpha value is -0.0400. The monoisotopic (exact) mass is 183 g/mol. The van der Waals surface area contributed by atoms with E-state index >= 15 is 0 Å². The molecule has 1 aliphatic heterocycles. The number of rotatable bonds is 6. The van der Waals surface area contributed by atoms with Crippen LogP contribution in [-0.4, -0.2) is 24.5 Å². The molecule has 1 heterocycles. The fourth-order valence-corrected chi connectivity index (χ4v) is 2.33. The predicted octanol–water partition coefficient (Wildman–Crippen LogP) is 3.44. The van der Waals surface area contributed by atoms with Gasteiger partial charge in [-0.15, -0.1) is 0 Å². The molecule has 0 bridgehead atoms. The van der Waals surface area contributed by atoms with Gasteiger partial charge in [0.15, 0.2) is 0 Å². The highest BCUT2D eigenvalue weighted by molar-refractivity contribution is 4.75. The van der Waals surface area contributed by atoms with Crippen molar-refractivity contribution in [1.82, 2.24) is 4.90 Å². The Morgan fingerprint density at radius 1 is 1.15 bits per heavy atom. The summed E-state index contributed by atoms with van der Waals surface area (Å²) in [5.74, 6) is 0. The third kappa shape index (κ3) is 4.12. The lowest BCUT2D eigenvalue weighted by atomic mass is 10.1. The summed E-state index contributed by atoms with van der Waals surface area (Å²) in [6, 6.07) is 0.918. The van der Waals surface area contributed by atoms with Crippen molar-refractivity contribution in [2.45, 2.75) is 64.3 Å². The predicted molar refractivity (Wildman–Crippen MR) is 59.0 cm³/mol. The molecule has 1 fully saturated rings. The first-order valence-electron chi connectivity index (χ1n) is 6.05. The van der Waals surface area contributed by atoms with Gasteiger partial charge in [-0.05, 0) is 32.9 Å². The van der Waals surface area contributed by atoms with Crippen LogP contribution in [0.25, 0.3) is 0 Å². The van der Waals surface area contributed by atoms with Gasteiger partial charge in [-0.3, -0.25) is 0 Å². The van der Waals surface area contributed by atoms with E-state index in [1.165, 1.54) is 57.9 Å². The Morgan fingerprint density at radius 3 is 2.54 bits per heavy atom. The van der Waals surface area contributed by atoms with Crippen LogP contribution in [0, 0.1) is 0 Å². The lowest BCUT2D eigenvalue weighted by molar-refractivity contribution is 0.289. The van der Waals surface area contributed by atoms with Crippen LogP contribution in [0.1, 0.15) is 58.3 Å². The molecule has 0 aromatic carbocycles. The summed E-state index contributed by atoms with van der Waals surface area (Å²) < 4.78 is 0. The van der Waals surface area contributed by atoms with Crippen LogP contribution >= 0.6 is 0 Å². The summed E-state index contributed by atoms with van der Waals surface area (Å²) in [6.45, 7) is 3.62. The summed E-state index contributed by atoms with van der Waals surface area (Å²) in [5, 5.41) is 0. The first-order chi connectivity index (χ1) is 6.34. The molecule has 1 atom stereocenters. The summed E-state index contributed by atoms with van der Waals surface area (Å²) in [5.41, 5.74) is 0. The Balaban J connectivity index is 1.93. The van der Waals surface area contributed by atoms with Crippen LogP contribution < -0.4 is 0 Å². The van der Waals surface area contributed by atoms with Gasteiger partial charge in [0, 0.05) is 6.04 Å². The Morgan fingerprint density at radius 2 is 1.92 bits per heavy atom. The highest BCUT2D eigenvalue weighted by atomic mass is 15.1. The number of hydrogen-bond donors (Lipinski definition) is 0. The first-order valence-corrected chi connectivity index (χ1v) is 6.05. The molecular weight excluding hydrogens is 158 g/mol. The van der Waals surface area contributed by atoms with Crippen molar-refractivity contribution < 1.29 is 0 Å². The molecular formula is C12H25N. The van der Waals surface area contributed by atoms with E-state index in [0.717, 1.165) is 6.04 Å². The topological polar surface area (TPSA) is 3.24 Å². The fourth-order valence-electron chi connectivity index (χ4n) is 2.33. The lowest BCUT2D eigenvalue weighted by Crippen LogP contribution is -2.24. The van der Waals surface area contributed by atoms with E-state index < -0.39 is 0 Å².